The van der Waals surface area contributed by atoms with Gasteiger partial charge >= 0.3 is 5.97 Å². The lowest BCUT2D eigenvalue weighted by atomic mass is 9.51. The fraction of sp³-hybridized carbons (Fsp3) is 0.514. The number of amides is 4. The van der Waals surface area contributed by atoms with Crippen LogP contribution in [0.5, 0.6) is 0 Å². The van der Waals surface area contributed by atoms with Crippen molar-refractivity contribution in [3.8, 4) is 0 Å². The summed E-state index contributed by atoms with van der Waals surface area (Å²) in [5.41, 5.74) is -1.47. The van der Waals surface area contributed by atoms with Gasteiger partial charge in [-0.2, -0.15) is 0 Å². The van der Waals surface area contributed by atoms with Crippen molar-refractivity contribution in [3.05, 3.63) is 65.0 Å². The first-order valence-corrected chi connectivity index (χ1v) is 21.5. The van der Waals surface area contributed by atoms with E-state index in [9.17, 15) is 19.5 Å². The van der Waals surface area contributed by atoms with Crippen molar-refractivity contribution >= 4 is 78.5 Å². The van der Waals surface area contributed by atoms with E-state index in [4.69, 9.17) is 4.74 Å². The summed E-state index contributed by atoms with van der Waals surface area (Å²) >= 11 is 0. The molecule has 8 fully saturated rings. The van der Waals surface area contributed by atoms with Gasteiger partial charge < -0.3 is 29.9 Å². The van der Waals surface area contributed by atoms with Gasteiger partial charge in [0.05, 0.1) is 16.9 Å². The molecule has 0 unspecified atom stereocenters. The zero-order valence-corrected chi connectivity index (χ0v) is 31.9. The Morgan fingerprint density at radius 3 is 2.21 bits per heavy atom. The first kappa shape index (κ1) is 33.4. The molecule has 4 amide bonds. The SMILES string of the molecule is CCCC(=O)O[C@H]1[C@]2([C@@]34c5ccccc5C[C@@H]3N3C(=O)[C@]5(C)SS[C@]3(C(=O)N5C)[C@H]4O)c3cc(F)ccc3N[C@@H]2N2C(=O)[C@]3(C)SS[C@]12C(=O)N3C. The first-order valence-electron chi connectivity index (χ1n) is 17.2. The molecule has 17 heteroatoms. The number of halogens is 1. The van der Waals surface area contributed by atoms with Crippen molar-refractivity contribution in [2.45, 2.75) is 94.8 Å². The number of carbonyl (C=O) groups excluding carboxylic acids is 5. The number of benzene rings is 2. The molecule has 52 heavy (non-hydrogen) atoms. The van der Waals surface area contributed by atoms with Gasteiger partial charge in [0.25, 0.3) is 23.6 Å². The molecule has 0 radical (unpaired) electrons. The summed E-state index contributed by atoms with van der Waals surface area (Å²) in [7, 11) is 7.77. The summed E-state index contributed by atoms with van der Waals surface area (Å²) in [6.45, 7) is 5.18. The zero-order chi connectivity index (χ0) is 36.7. The van der Waals surface area contributed by atoms with Crippen LogP contribution in [-0.2, 0) is 46.0 Å². The summed E-state index contributed by atoms with van der Waals surface area (Å²) in [5, 5.41) is 17.1. The van der Waals surface area contributed by atoms with Gasteiger partial charge in [-0.05, 0) is 83.2 Å². The van der Waals surface area contributed by atoms with Gasteiger partial charge in [-0.3, -0.25) is 28.9 Å². The fourth-order valence-corrected chi connectivity index (χ4v) is 17.9. The number of piperazine rings is 2. The average Bonchev–Trinajstić information content (AvgIpc) is 3.77. The summed E-state index contributed by atoms with van der Waals surface area (Å²) in [5.74, 6) is -2.98. The third kappa shape index (κ3) is 3.08. The molecule has 9 heterocycles. The highest BCUT2D eigenvalue weighted by atomic mass is 33.1. The van der Waals surface area contributed by atoms with Crippen LogP contribution in [0.15, 0.2) is 42.5 Å². The van der Waals surface area contributed by atoms with Crippen molar-refractivity contribution in [2.75, 3.05) is 19.4 Å². The Kier molecular flexibility index (Phi) is 6.40. The van der Waals surface area contributed by atoms with Crippen LogP contribution in [0.25, 0.3) is 0 Å². The zero-order valence-electron chi connectivity index (χ0n) is 28.7. The number of anilines is 1. The van der Waals surface area contributed by atoms with E-state index < -0.39 is 84.2 Å². The van der Waals surface area contributed by atoms with Gasteiger partial charge in [0.2, 0.25) is 9.74 Å². The van der Waals surface area contributed by atoms with Crippen LogP contribution in [-0.4, -0.2) is 112 Å². The topological polar surface area (TPSA) is 140 Å². The molecule has 12 rings (SSSR count). The van der Waals surface area contributed by atoms with Crippen LogP contribution in [0.4, 0.5) is 10.1 Å². The third-order valence-electron chi connectivity index (χ3n) is 13.2. The van der Waals surface area contributed by atoms with Crippen molar-refractivity contribution in [2.24, 2.45) is 0 Å². The molecule has 272 valence electrons. The number of hydrogen-bond acceptors (Lipinski definition) is 12. The molecule has 2 N–H and O–H groups in total. The molecule has 0 aromatic heterocycles. The number of likely N-dealkylation sites (N-methyl/N-ethyl adjacent to an activating group) is 2. The lowest BCUT2D eigenvalue weighted by molar-refractivity contribution is -0.172. The Morgan fingerprint density at radius 2 is 1.52 bits per heavy atom. The third-order valence-corrected chi connectivity index (χ3v) is 20.6. The van der Waals surface area contributed by atoms with E-state index in [1.165, 1.54) is 48.4 Å². The number of nitrogens with zero attached hydrogens (tertiary/aromatic N) is 4. The predicted octanol–water partition coefficient (Wildman–Crippen LogP) is 2.99. The number of fused-ring (bicyclic) bond motifs is 11. The molecular weight excluding hydrogens is 750 g/mol. The summed E-state index contributed by atoms with van der Waals surface area (Å²) < 4.78 is 22.6. The van der Waals surface area contributed by atoms with Crippen molar-refractivity contribution in [3.63, 3.8) is 0 Å². The van der Waals surface area contributed by atoms with Gasteiger partial charge in [0, 0.05) is 26.2 Å². The summed E-state index contributed by atoms with van der Waals surface area (Å²) in [4.78, 5) is 73.3. The molecule has 1 aliphatic carbocycles. The van der Waals surface area contributed by atoms with Crippen molar-refractivity contribution in [1.82, 2.24) is 19.6 Å². The second-order valence-corrected chi connectivity index (χ2v) is 20.6. The molecule has 12 nitrogen and oxygen atoms in total. The second-order valence-electron chi connectivity index (χ2n) is 15.1. The van der Waals surface area contributed by atoms with E-state index in [0.717, 1.165) is 27.2 Å². The number of nitrogens with one attached hydrogen (secondary N) is 1. The predicted molar refractivity (Wildman–Crippen MR) is 194 cm³/mol. The highest BCUT2D eigenvalue weighted by Gasteiger charge is 2.93. The van der Waals surface area contributed by atoms with Crippen LogP contribution in [0, 0.1) is 5.82 Å². The molecular formula is C35H34FN5O7S4. The minimum atomic E-state index is -1.87. The largest absolute Gasteiger partial charge is 0.457 e. The normalized spacial score (nSPS) is 43.0. The monoisotopic (exact) mass is 783 g/mol. The quantitative estimate of drug-likeness (QED) is 0.348. The lowest BCUT2D eigenvalue weighted by Gasteiger charge is -2.58. The Balaban J connectivity index is 1.38. The number of aliphatic hydroxyl groups is 1. The minimum Gasteiger partial charge on any atom is -0.457 e. The maximum atomic E-state index is 15.9. The Labute approximate surface area is 314 Å². The van der Waals surface area contributed by atoms with Crippen LogP contribution >= 0.6 is 43.2 Å². The standard InChI is InChI=1S/C35H34FN5O7S4/c1-6-9-22(42)48-24-33(19-15-17(36)12-13-20(19)37-25(33)41-27(45)31(3)39(5)29(47)35(24,41)52-50-31)32-18-11-8-7-10-16(18)14-21(32)40-26(44)30(2)38(4)28(46)34(40,23(32)43)51-49-30/h7-8,10-13,15,21,23-25,37,43H,6,9,14H2,1-5H3/t21-,23-,24-,25+,30-,31-,32-,33+,34-,35-/m0/s1. The van der Waals surface area contributed by atoms with E-state index >= 15 is 14.0 Å². The molecule has 2 aromatic rings. The summed E-state index contributed by atoms with van der Waals surface area (Å²) in [6, 6.07) is 10.6. The van der Waals surface area contributed by atoms with E-state index in [-0.39, 0.29) is 18.7 Å². The molecule has 2 aromatic carbocycles. The van der Waals surface area contributed by atoms with Crippen molar-refractivity contribution in [1.29, 1.82) is 0 Å². The van der Waals surface area contributed by atoms with Crippen LogP contribution < -0.4 is 5.32 Å². The fourth-order valence-electron chi connectivity index (χ4n) is 10.8. The highest BCUT2D eigenvalue weighted by Crippen LogP contribution is 2.79. The lowest BCUT2D eigenvalue weighted by Crippen LogP contribution is -2.77. The van der Waals surface area contributed by atoms with Gasteiger partial charge in [-0.1, -0.05) is 52.8 Å². The highest BCUT2D eigenvalue weighted by molar-refractivity contribution is 8.78. The Hall–Kier alpha value is -3.12. The summed E-state index contributed by atoms with van der Waals surface area (Å²) in [6.07, 6.45) is -3.77. The van der Waals surface area contributed by atoms with Crippen LogP contribution in [0.2, 0.25) is 0 Å². The van der Waals surface area contributed by atoms with Crippen LogP contribution in [0.3, 0.4) is 0 Å². The number of hydrogen-bond donors (Lipinski definition) is 2. The van der Waals surface area contributed by atoms with E-state index in [1.54, 1.807) is 38.9 Å². The number of ether oxygens (including phenoxy) is 1. The first-order chi connectivity index (χ1) is 24.7. The average molecular weight is 784 g/mol. The smallest absolute Gasteiger partial charge is 0.306 e. The maximum absolute atomic E-state index is 15.9. The number of esters is 1. The van der Waals surface area contributed by atoms with Crippen molar-refractivity contribution < 1.29 is 38.2 Å². The number of carbonyl (C=O) groups is 5. The van der Waals surface area contributed by atoms with Gasteiger partial charge in [-0.25, -0.2) is 4.39 Å². The minimum absolute atomic E-state index is 0.0114. The number of aliphatic hydroxyl groups excluding tert-OH is 1. The molecule has 0 saturated carbocycles. The van der Waals surface area contributed by atoms with E-state index in [2.05, 4.69) is 5.32 Å². The molecule has 10 aliphatic rings. The van der Waals surface area contributed by atoms with E-state index in [0.29, 0.717) is 23.2 Å². The van der Waals surface area contributed by atoms with Crippen LogP contribution in [0.1, 0.15) is 50.3 Å². The van der Waals surface area contributed by atoms with Gasteiger partial charge in [0.15, 0.2) is 15.8 Å². The number of rotatable bonds is 4. The molecule has 8 saturated heterocycles. The van der Waals surface area contributed by atoms with Gasteiger partial charge in [-0.15, -0.1) is 0 Å². The molecule has 9 aliphatic heterocycles. The Bertz CT molecular complexity index is 2110. The molecule has 4 bridgehead atoms. The van der Waals surface area contributed by atoms with E-state index in [1.807, 2.05) is 31.2 Å². The second kappa shape index (κ2) is 9.94. The molecule has 10 atom stereocenters. The molecule has 2 spiro atoms. The maximum Gasteiger partial charge on any atom is 0.306 e. The Morgan fingerprint density at radius 1 is 0.885 bits per heavy atom. The van der Waals surface area contributed by atoms with Gasteiger partial charge in [0.1, 0.15) is 18.1 Å².